The SMILES string of the molecule is Cc1ccc(C(=O)NCC2CCSC2)c(F)c1. The molecule has 0 aliphatic carbocycles. The quantitative estimate of drug-likeness (QED) is 0.897. The third-order valence-corrected chi connectivity index (χ3v) is 4.18. The Morgan fingerprint density at radius 2 is 2.41 bits per heavy atom. The maximum absolute atomic E-state index is 13.5. The molecule has 4 heteroatoms. The van der Waals surface area contributed by atoms with Crippen molar-refractivity contribution >= 4 is 17.7 Å². The molecule has 92 valence electrons. The smallest absolute Gasteiger partial charge is 0.254 e. The molecule has 0 spiro atoms. The number of hydrogen-bond donors (Lipinski definition) is 1. The minimum atomic E-state index is -0.441. The number of aryl methyl sites for hydroxylation is 1. The summed E-state index contributed by atoms with van der Waals surface area (Å²) in [5.74, 6) is 2.05. The molecule has 2 rings (SSSR count). The zero-order valence-electron chi connectivity index (χ0n) is 9.83. The summed E-state index contributed by atoms with van der Waals surface area (Å²) in [6.45, 7) is 2.46. The number of carbonyl (C=O) groups excluding carboxylic acids is 1. The van der Waals surface area contributed by atoms with Crippen LogP contribution in [0.25, 0.3) is 0 Å². The minimum Gasteiger partial charge on any atom is -0.352 e. The van der Waals surface area contributed by atoms with Gasteiger partial charge in [-0.05, 0) is 48.5 Å². The summed E-state index contributed by atoms with van der Waals surface area (Å²) < 4.78 is 13.5. The molecule has 1 N–H and O–H groups in total. The van der Waals surface area contributed by atoms with Gasteiger partial charge >= 0.3 is 0 Å². The van der Waals surface area contributed by atoms with E-state index in [1.54, 1.807) is 19.1 Å². The van der Waals surface area contributed by atoms with Crippen LogP contribution in [0.15, 0.2) is 18.2 Å². The summed E-state index contributed by atoms with van der Waals surface area (Å²) in [6, 6.07) is 4.69. The van der Waals surface area contributed by atoms with Gasteiger partial charge in [0, 0.05) is 6.54 Å². The first-order valence-electron chi connectivity index (χ1n) is 5.79. The number of nitrogens with one attached hydrogen (secondary N) is 1. The number of thioether (sulfide) groups is 1. The molecule has 0 saturated carbocycles. The van der Waals surface area contributed by atoms with Crippen LogP contribution in [0.5, 0.6) is 0 Å². The van der Waals surface area contributed by atoms with E-state index < -0.39 is 5.82 Å². The molecule has 1 fully saturated rings. The van der Waals surface area contributed by atoms with Gasteiger partial charge in [0.05, 0.1) is 5.56 Å². The summed E-state index contributed by atoms with van der Waals surface area (Å²) >= 11 is 1.91. The normalized spacial score (nSPS) is 19.3. The van der Waals surface area contributed by atoms with Crippen molar-refractivity contribution in [2.45, 2.75) is 13.3 Å². The first-order valence-corrected chi connectivity index (χ1v) is 6.94. The van der Waals surface area contributed by atoms with Gasteiger partial charge in [-0.15, -0.1) is 0 Å². The van der Waals surface area contributed by atoms with E-state index in [1.165, 1.54) is 11.8 Å². The van der Waals surface area contributed by atoms with Gasteiger partial charge < -0.3 is 5.32 Å². The van der Waals surface area contributed by atoms with Crippen molar-refractivity contribution in [3.8, 4) is 0 Å². The van der Waals surface area contributed by atoms with Crippen LogP contribution in [-0.2, 0) is 0 Å². The highest BCUT2D eigenvalue weighted by molar-refractivity contribution is 7.99. The fraction of sp³-hybridized carbons (Fsp3) is 0.462. The summed E-state index contributed by atoms with van der Waals surface area (Å²) in [7, 11) is 0. The number of hydrogen-bond acceptors (Lipinski definition) is 2. The molecule has 1 aromatic rings. The summed E-state index contributed by atoms with van der Waals surface area (Å²) in [5, 5.41) is 2.81. The number of amides is 1. The van der Waals surface area contributed by atoms with Crippen LogP contribution in [0.4, 0.5) is 4.39 Å². The second kappa shape index (κ2) is 5.54. The number of benzene rings is 1. The molecule has 0 aromatic heterocycles. The average molecular weight is 253 g/mol. The highest BCUT2D eigenvalue weighted by Crippen LogP contribution is 2.22. The van der Waals surface area contributed by atoms with E-state index >= 15 is 0 Å². The Labute approximate surface area is 105 Å². The first kappa shape index (κ1) is 12.4. The zero-order valence-corrected chi connectivity index (χ0v) is 10.6. The fourth-order valence-electron chi connectivity index (χ4n) is 1.88. The monoisotopic (exact) mass is 253 g/mol. The molecule has 1 unspecified atom stereocenters. The van der Waals surface area contributed by atoms with Gasteiger partial charge in [-0.3, -0.25) is 4.79 Å². The van der Waals surface area contributed by atoms with Crippen LogP contribution in [0.3, 0.4) is 0 Å². The Kier molecular flexibility index (Phi) is 4.05. The number of halogens is 1. The van der Waals surface area contributed by atoms with E-state index in [4.69, 9.17) is 0 Å². The fourth-order valence-corrected chi connectivity index (χ4v) is 3.17. The minimum absolute atomic E-state index is 0.140. The Morgan fingerprint density at radius 3 is 3.06 bits per heavy atom. The van der Waals surface area contributed by atoms with Gasteiger partial charge in [-0.25, -0.2) is 4.39 Å². The highest BCUT2D eigenvalue weighted by Gasteiger charge is 2.17. The molecule has 1 atom stereocenters. The lowest BCUT2D eigenvalue weighted by atomic mass is 10.1. The number of carbonyl (C=O) groups is 1. The zero-order chi connectivity index (χ0) is 12.3. The lowest BCUT2D eigenvalue weighted by Crippen LogP contribution is -2.29. The molecule has 1 aliphatic rings. The lowest BCUT2D eigenvalue weighted by Gasteiger charge is -2.10. The van der Waals surface area contributed by atoms with Crippen molar-refractivity contribution < 1.29 is 9.18 Å². The summed E-state index contributed by atoms with van der Waals surface area (Å²) in [5.41, 5.74) is 0.965. The first-order chi connectivity index (χ1) is 8.16. The predicted molar refractivity (Wildman–Crippen MR) is 68.9 cm³/mol. The van der Waals surface area contributed by atoms with E-state index in [0.717, 1.165) is 17.7 Å². The molecular formula is C13H16FNOS. The van der Waals surface area contributed by atoms with Gasteiger partial charge in [0.15, 0.2) is 0 Å². The Hall–Kier alpha value is -1.03. The second-order valence-electron chi connectivity index (χ2n) is 4.42. The van der Waals surface area contributed by atoms with Crippen molar-refractivity contribution in [2.24, 2.45) is 5.92 Å². The third-order valence-electron chi connectivity index (χ3n) is 2.94. The summed E-state index contributed by atoms with van der Waals surface area (Å²) in [6.07, 6.45) is 1.14. The molecule has 1 aliphatic heterocycles. The molecule has 0 radical (unpaired) electrons. The highest BCUT2D eigenvalue weighted by atomic mass is 32.2. The topological polar surface area (TPSA) is 29.1 Å². The Morgan fingerprint density at radius 1 is 1.59 bits per heavy atom. The van der Waals surface area contributed by atoms with Gasteiger partial charge in [0.2, 0.25) is 0 Å². The van der Waals surface area contributed by atoms with E-state index in [0.29, 0.717) is 12.5 Å². The standard InChI is InChI=1S/C13H16FNOS/c1-9-2-3-11(12(14)6-9)13(16)15-7-10-4-5-17-8-10/h2-3,6,10H,4-5,7-8H2,1H3,(H,15,16). The average Bonchev–Trinajstić information content (AvgIpc) is 2.78. The van der Waals surface area contributed by atoms with Crippen LogP contribution in [0, 0.1) is 18.7 Å². The third kappa shape index (κ3) is 3.22. The van der Waals surface area contributed by atoms with Crippen LogP contribution < -0.4 is 5.32 Å². The Bertz CT molecular complexity index is 416. The maximum Gasteiger partial charge on any atom is 0.254 e. The Balaban J connectivity index is 1.94. The van der Waals surface area contributed by atoms with E-state index in [2.05, 4.69) is 5.32 Å². The summed E-state index contributed by atoms with van der Waals surface area (Å²) in [4.78, 5) is 11.8. The second-order valence-corrected chi connectivity index (χ2v) is 5.57. The van der Waals surface area contributed by atoms with E-state index in [1.807, 2.05) is 11.8 Å². The molecule has 2 nitrogen and oxygen atoms in total. The molecular weight excluding hydrogens is 237 g/mol. The van der Waals surface area contributed by atoms with E-state index in [9.17, 15) is 9.18 Å². The molecule has 1 amide bonds. The van der Waals surface area contributed by atoms with Gasteiger partial charge in [-0.1, -0.05) is 6.07 Å². The predicted octanol–water partition coefficient (Wildman–Crippen LogP) is 2.62. The van der Waals surface area contributed by atoms with Crippen LogP contribution >= 0.6 is 11.8 Å². The number of rotatable bonds is 3. The van der Waals surface area contributed by atoms with Crippen LogP contribution in [0.1, 0.15) is 22.3 Å². The van der Waals surface area contributed by atoms with Crippen molar-refractivity contribution in [3.63, 3.8) is 0 Å². The van der Waals surface area contributed by atoms with Crippen molar-refractivity contribution in [1.29, 1.82) is 0 Å². The van der Waals surface area contributed by atoms with Crippen LogP contribution in [-0.4, -0.2) is 24.0 Å². The van der Waals surface area contributed by atoms with E-state index in [-0.39, 0.29) is 11.5 Å². The largest absolute Gasteiger partial charge is 0.352 e. The van der Waals surface area contributed by atoms with Crippen LogP contribution in [0.2, 0.25) is 0 Å². The molecule has 1 aromatic carbocycles. The van der Waals surface area contributed by atoms with Crippen molar-refractivity contribution in [2.75, 3.05) is 18.1 Å². The molecule has 0 bridgehead atoms. The van der Waals surface area contributed by atoms with Crippen molar-refractivity contribution in [1.82, 2.24) is 5.32 Å². The van der Waals surface area contributed by atoms with Gasteiger partial charge in [0.1, 0.15) is 5.82 Å². The lowest BCUT2D eigenvalue weighted by molar-refractivity contribution is 0.0944. The molecule has 1 saturated heterocycles. The van der Waals surface area contributed by atoms with Crippen molar-refractivity contribution in [3.05, 3.63) is 35.1 Å². The molecule has 17 heavy (non-hydrogen) atoms. The van der Waals surface area contributed by atoms with Gasteiger partial charge in [0.25, 0.3) is 5.91 Å². The van der Waals surface area contributed by atoms with Gasteiger partial charge in [-0.2, -0.15) is 11.8 Å². The molecule has 1 heterocycles. The maximum atomic E-state index is 13.5.